The van der Waals surface area contributed by atoms with Crippen molar-refractivity contribution in [2.75, 3.05) is 24.3 Å². The average Bonchev–Trinajstić information content (AvgIpc) is 3.12. The van der Waals surface area contributed by atoms with Gasteiger partial charge in [-0.25, -0.2) is 0 Å². The van der Waals surface area contributed by atoms with E-state index in [2.05, 4.69) is 22.5 Å². The summed E-state index contributed by atoms with van der Waals surface area (Å²) in [5, 5.41) is 7.00. The van der Waals surface area contributed by atoms with Gasteiger partial charge in [-0.3, -0.25) is 0 Å². The van der Waals surface area contributed by atoms with Gasteiger partial charge in [0.2, 0.25) is 5.88 Å². The molecule has 2 heterocycles. The molecule has 2 N–H and O–H groups in total. The van der Waals surface area contributed by atoms with Gasteiger partial charge in [-0.1, -0.05) is 0 Å². The third-order valence-corrected chi connectivity index (χ3v) is 3.61. The lowest BCUT2D eigenvalue weighted by atomic mass is 9.93. The molecule has 1 aliphatic carbocycles. The smallest absolute Gasteiger partial charge is 0.215 e. The molecule has 0 radical (unpaired) electrons. The number of nitrogens with zero attached hydrogens (tertiary/aromatic N) is 1. The first kappa shape index (κ1) is 9.75. The zero-order chi connectivity index (χ0) is 11.2. The molecule has 3 rings (SSSR count). The Morgan fingerprint density at radius 1 is 1.44 bits per heavy atom. The van der Waals surface area contributed by atoms with Gasteiger partial charge in [0, 0.05) is 12.6 Å². The Bertz CT molecular complexity index is 417. The Morgan fingerprint density at radius 3 is 2.94 bits per heavy atom. The average molecular weight is 219 g/mol. The lowest BCUT2D eigenvalue weighted by Crippen LogP contribution is -2.47. The van der Waals surface area contributed by atoms with Crippen LogP contribution in [0, 0.1) is 5.92 Å². The molecule has 2 aliphatic rings. The predicted octanol–water partition coefficient (Wildman–Crippen LogP) is 2.10. The number of anilines is 2. The largest absolute Gasteiger partial charge is 0.481 e. The monoisotopic (exact) mass is 219 g/mol. The van der Waals surface area contributed by atoms with Crippen molar-refractivity contribution in [1.82, 2.24) is 4.98 Å². The van der Waals surface area contributed by atoms with Crippen molar-refractivity contribution >= 4 is 11.5 Å². The molecule has 4 heteroatoms. The summed E-state index contributed by atoms with van der Waals surface area (Å²) < 4.78 is 5.15. The Hall–Kier alpha value is -1.45. The normalized spacial score (nSPS) is 27.6. The van der Waals surface area contributed by atoms with Gasteiger partial charge in [0.25, 0.3) is 0 Å². The number of nitrogens with one attached hydrogen (secondary N) is 2. The minimum Gasteiger partial charge on any atom is -0.481 e. The summed E-state index contributed by atoms with van der Waals surface area (Å²) in [5.41, 5.74) is 1.21. The number of aromatic nitrogens is 1. The van der Waals surface area contributed by atoms with Crippen LogP contribution in [0.2, 0.25) is 0 Å². The molecular weight excluding hydrogens is 202 g/mol. The Kier molecular flexibility index (Phi) is 1.99. The summed E-state index contributed by atoms with van der Waals surface area (Å²) in [6.07, 6.45) is 2.65. The number of hydrogen-bond donors (Lipinski definition) is 2. The predicted molar refractivity (Wildman–Crippen MR) is 64.0 cm³/mol. The lowest BCUT2D eigenvalue weighted by molar-refractivity contribution is 0.396. The molecule has 0 amide bonds. The number of ether oxygens (including phenoxy) is 1. The number of pyridine rings is 1. The number of hydrogen-bond acceptors (Lipinski definition) is 4. The number of methoxy groups -OCH3 is 1. The van der Waals surface area contributed by atoms with E-state index >= 15 is 0 Å². The van der Waals surface area contributed by atoms with Crippen molar-refractivity contribution in [2.24, 2.45) is 5.92 Å². The van der Waals surface area contributed by atoms with Crippen molar-refractivity contribution in [2.45, 2.75) is 25.3 Å². The highest BCUT2D eigenvalue weighted by molar-refractivity contribution is 5.69. The molecule has 4 nitrogen and oxygen atoms in total. The molecule has 1 unspecified atom stereocenters. The third-order valence-electron chi connectivity index (χ3n) is 3.61. The quantitative estimate of drug-likeness (QED) is 0.799. The van der Waals surface area contributed by atoms with E-state index in [0.29, 0.717) is 5.88 Å². The zero-order valence-electron chi connectivity index (χ0n) is 9.71. The van der Waals surface area contributed by atoms with E-state index in [4.69, 9.17) is 4.74 Å². The molecule has 1 aliphatic heterocycles. The van der Waals surface area contributed by atoms with E-state index in [1.54, 1.807) is 7.11 Å². The fourth-order valence-corrected chi connectivity index (χ4v) is 2.35. The van der Waals surface area contributed by atoms with Crippen LogP contribution in [-0.4, -0.2) is 24.2 Å². The highest BCUT2D eigenvalue weighted by Crippen LogP contribution is 2.44. The third kappa shape index (κ3) is 1.49. The summed E-state index contributed by atoms with van der Waals surface area (Å²) in [5.74, 6) is 2.36. The zero-order valence-corrected chi connectivity index (χ0v) is 9.71. The molecule has 1 aromatic heterocycles. The topological polar surface area (TPSA) is 46.2 Å². The van der Waals surface area contributed by atoms with E-state index in [-0.39, 0.29) is 5.54 Å². The van der Waals surface area contributed by atoms with Gasteiger partial charge in [-0.15, -0.1) is 0 Å². The first-order valence-electron chi connectivity index (χ1n) is 5.78. The van der Waals surface area contributed by atoms with Gasteiger partial charge in [0.15, 0.2) is 5.82 Å². The fourth-order valence-electron chi connectivity index (χ4n) is 2.35. The molecule has 0 bridgehead atoms. The summed E-state index contributed by atoms with van der Waals surface area (Å²) in [6.45, 7) is 3.24. The molecule has 16 heavy (non-hydrogen) atoms. The van der Waals surface area contributed by atoms with Crippen LogP contribution >= 0.6 is 0 Å². The second-order valence-corrected chi connectivity index (χ2v) is 4.92. The molecule has 1 aromatic rings. The van der Waals surface area contributed by atoms with E-state index in [0.717, 1.165) is 24.0 Å². The van der Waals surface area contributed by atoms with E-state index in [1.807, 2.05) is 12.1 Å². The first-order valence-corrected chi connectivity index (χ1v) is 5.78. The van der Waals surface area contributed by atoms with Gasteiger partial charge in [-0.2, -0.15) is 4.98 Å². The molecular formula is C12H17N3O. The van der Waals surface area contributed by atoms with E-state index in [9.17, 15) is 0 Å². The summed E-state index contributed by atoms with van der Waals surface area (Å²) in [4.78, 5) is 4.44. The first-order chi connectivity index (χ1) is 7.71. The van der Waals surface area contributed by atoms with Crippen LogP contribution in [0.15, 0.2) is 12.1 Å². The SMILES string of the molecule is COc1ccc2c(n1)NC(C)(C1CC1)CN2. The van der Waals surface area contributed by atoms with Crippen LogP contribution in [0.1, 0.15) is 19.8 Å². The Balaban J connectivity index is 1.91. The van der Waals surface area contributed by atoms with Gasteiger partial charge in [-0.05, 0) is 31.7 Å². The molecule has 1 saturated carbocycles. The van der Waals surface area contributed by atoms with Crippen LogP contribution < -0.4 is 15.4 Å². The number of rotatable bonds is 2. The Labute approximate surface area is 95.4 Å². The minimum atomic E-state index is 0.145. The highest BCUT2D eigenvalue weighted by Gasteiger charge is 2.43. The van der Waals surface area contributed by atoms with E-state index in [1.165, 1.54) is 12.8 Å². The standard InChI is InChI=1S/C12H17N3O/c1-12(8-3-4-8)7-13-9-5-6-10(16-2)14-11(9)15-12/h5-6,8,13H,3-4,7H2,1-2H3,(H,14,15). The summed E-state index contributed by atoms with van der Waals surface area (Å²) in [7, 11) is 1.64. The highest BCUT2D eigenvalue weighted by atomic mass is 16.5. The van der Waals surface area contributed by atoms with Crippen molar-refractivity contribution in [3.8, 4) is 5.88 Å². The summed E-state index contributed by atoms with van der Waals surface area (Å²) in [6, 6.07) is 3.90. The van der Waals surface area contributed by atoms with Crippen LogP contribution in [0.5, 0.6) is 5.88 Å². The maximum absolute atomic E-state index is 5.15. The van der Waals surface area contributed by atoms with Crippen LogP contribution in [0.3, 0.4) is 0 Å². The molecule has 1 fully saturated rings. The summed E-state index contributed by atoms with van der Waals surface area (Å²) >= 11 is 0. The van der Waals surface area contributed by atoms with Crippen molar-refractivity contribution in [3.05, 3.63) is 12.1 Å². The molecule has 86 valence electrons. The molecule has 0 aromatic carbocycles. The van der Waals surface area contributed by atoms with Gasteiger partial charge in [0.05, 0.1) is 18.3 Å². The van der Waals surface area contributed by atoms with Crippen LogP contribution in [0.25, 0.3) is 0 Å². The maximum Gasteiger partial charge on any atom is 0.215 e. The molecule has 0 saturated heterocycles. The molecule has 1 atom stereocenters. The van der Waals surface area contributed by atoms with Crippen molar-refractivity contribution < 1.29 is 4.74 Å². The maximum atomic E-state index is 5.15. The second kappa shape index (κ2) is 3.27. The van der Waals surface area contributed by atoms with Gasteiger partial charge >= 0.3 is 0 Å². The van der Waals surface area contributed by atoms with Gasteiger partial charge < -0.3 is 15.4 Å². The van der Waals surface area contributed by atoms with Crippen LogP contribution in [0.4, 0.5) is 11.5 Å². The lowest BCUT2D eigenvalue weighted by Gasteiger charge is -2.37. The van der Waals surface area contributed by atoms with Gasteiger partial charge in [0.1, 0.15) is 0 Å². The van der Waals surface area contributed by atoms with Crippen molar-refractivity contribution in [1.29, 1.82) is 0 Å². The fraction of sp³-hybridized carbons (Fsp3) is 0.583. The van der Waals surface area contributed by atoms with Crippen LogP contribution in [-0.2, 0) is 0 Å². The second-order valence-electron chi connectivity index (χ2n) is 4.92. The van der Waals surface area contributed by atoms with E-state index < -0.39 is 0 Å². The van der Waals surface area contributed by atoms with Crippen molar-refractivity contribution in [3.63, 3.8) is 0 Å². The Morgan fingerprint density at radius 2 is 2.25 bits per heavy atom. The number of fused-ring (bicyclic) bond motifs is 1. The minimum absolute atomic E-state index is 0.145. The molecule has 0 spiro atoms.